The Hall–Kier alpha value is -3.34. The first-order valence-corrected chi connectivity index (χ1v) is 11.4. The van der Waals surface area contributed by atoms with Gasteiger partial charge >= 0.3 is 18.8 Å². The second-order valence-electron chi connectivity index (χ2n) is 8.81. The quantitative estimate of drug-likeness (QED) is 0.364. The van der Waals surface area contributed by atoms with Crippen molar-refractivity contribution >= 4 is 16.9 Å². The van der Waals surface area contributed by atoms with E-state index in [0.717, 1.165) is 0 Å². The number of alkyl halides is 5. The highest BCUT2D eigenvalue weighted by atomic mass is 19.4. The van der Waals surface area contributed by atoms with E-state index in [1.807, 2.05) is 0 Å². The number of carbonyl (C=O) groups is 1. The van der Waals surface area contributed by atoms with Gasteiger partial charge < -0.3 is 24.5 Å². The largest absolute Gasteiger partial charge is 0.485 e. The lowest BCUT2D eigenvalue weighted by atomic mass is 9.87. The molecule has 0 amide bonds. The lowest BCUT2D eigenvalue weighted by molar-refractivity contribution is -0.139. The molecule has 0 unspecified atom stereocenters. The van der Waals surface area contributed by atoms with Gasteiger partial charge in [0.25, 0.3) is 0 Å². The summed E-state index contributed by atoms with van der Waals surface area (Å²) in [4.78, 5) is 16.0. The molecule has 194 valence electrons. The second-order valence-corrected chi connectivity index (χ2v) is 8.81. The van der Waals surface area contributed by atoms with Gasteiger partial charge in [0, 0.05) is 37.1 Å². The molecule has 6 nitrogen and oxygen atoms in total. The van der Waals surface area contributed by atoms with E-state index in [-0.39, 0.29) is 30.2 Å². The van der Waals surface area contributed by atoms with E-state index in [2.05, 4.69) is 4.98 Å². The predicted molar refractivity (Wildman–Crippen MR) is 122 cm³/mol. The number of likely N-dealkylation sites (tertiary alicyclic amines) is 1. The highest BCUT2D eigenvalue weighted by Crippen LogP contribution is 2.42. The van der Waals surface area contributed by atoms with Crippen LogP contribution in [0.2, 0.25) is 0 Å². The number of benzene rings is 2. The molecule has 2 atom stereocenters. The molecule has 1 aromatic heterocycles. The van der Waals surface area contributed by atoms with Crippen LogP contribution < -0.4 is 9.47 Å². The average Bonchev–Trinajstić information content (AvgIpc) is 3.30. The van der Waals surface area contributed by atoms with Crippen molar-refractivity contribution in [3.05, 3.63) is 59.3 Å². The fourth-order valence-electron chi connectivity index (χ4n) is 4.63. The monoisotopic (exact) mass is 512 g/mol. The maximum absolute atomic E-state index is 13.2. The Morgan fingerprint density at radius 3 is 2.58 bits per heavy atom. The normalized spacial score (nSPS) is 19.1. The lowest BCUT2D eigenvalue weighted by Gasteiger charge is -2.39. The number of halogens is 5. The molecule has 0 saturated carbocycles. The number of fused-ring (bicyclic) bond motifs is 1. The number of H-pyrrole nitrogens is 1. The first-order valence-electron chi connectivity index (χ1n) is 11.4. The van der Waals surface area contributed by atoms with Crippen LogP contribution >= 0.6 is 0 Å². The zero-order valence-corrected chi connectivity index (χ0v) is 19.3. The van der Waals surface area contributed by atoms with Gasteiger partial charge in [0.1, 0.15) is 6.10 Å². The summed E-state index contributed by atoms with van der Waals surface area (Å²) in [7, 11) is 0. The number of rotatable bonds is 8. The second kappa shape index (κ2) is 10.3. The Morgan fingerprint density at radius 2 is 1.94 bits per heavy atom. The topological polar surface area (TPSA) is 74.8 Å². The maximum atomic E-state index is 13.2. The summed E-state index contributed by atoms with van der Waals surface area (Å²) in [5.41, 5.74) is 2.12. The molecule has 0 aliphatic carbocycles. The lowest BCUT2D eigenvalue weighted by Crippen LogP contribution is -2.45. The Balaban J connectivity index is 1.67. The minimum absolute atomic E-state index is 0.0705. The Labute approximate surface area is 203 Å². The van der Waals surface area contributed by atoms with E-state index in [9.17, 15) is 31.9 Å². The van der Waals surface area contributed by atoms with Crippen LogP contribution in [0, 0.1) is 6.92 Å². The first-order chi connectivity index (χ1) is 17.0. The molecule has 0 radical (unpaired) electrons. The Morgan fingerprint density at radius 1 is 1.22 bits per heavy atom. The van der Waals surface area contributed by atoms with Crippen molar-refractivity contribution in [2.75, 3.05) is 19.6 Å². The van der Waals surface area contributed by atoms with Gasteiger partial charge in [-0.2, -0.15) is 22.0 Å². The number of aromatic nitrogens is 1. The molecule has 2 N–H and O–H groups in total. The molecule has 2 heterocycles. The fraction of sp³-hybridized carbons (Fsp3) is 0.400. The molecule has 2 aromatic carbocycles. The van der Waals surface area contributed by atoms with Crippen LogP contribution in [-0.2, 0) is 0 Å². The number of carboxylic acids is 1. The first kappa shape index (κ1) is 25.7. The zero-order valence-electron chi connectivity index (χ0n) is 19.3. The molecular weight excluding hydrogens is 487 g/mol. The van der Waals surface area contributed by atoms with Gasteiger partial charge in [-0.15, -0.1) is 0 Å². The molecule has 1 fully saturated rings. The number of nitrogens with zero attached hydrogens (tertiary/aromatic N) is 1. The van der Waals surface area contributed by atoms with E-state index in [0.29, 0.717) is 35.0 Å². The molecule has 1 aliphatic rings. The molecule has 1 saturated heterocycles. The van der Waals surface area contributed by atoms with Crippen molar-refractivity contribution in [2.24, 2.45) is 0 Å². The molecule has 4 rings (SSSR count). The predicted octanol–water partition coefficient (Wildman–Crippen LogP) is 5.97. The van der Waals surface area contributed by atoms with Crippen molar-refractivity contribution in [3.8, 4) is 11.5 Å². The van der Waals surface area contributed by atoms with Gasteiger partial charge in [-0.3, -0.25) is 0 Å². The van der Waals surface area contributed by atoms with Gasteiger partial charge in [-0.05, 0) is 48.7 Å². The van der Waals surface area contributed by atoms with Crippen LogP contribution in [0.15, 0.2) is 42.6 Å². The number of nitrogens with one attached hydrogen (secondary N) is 1. The number of piperidine rings is 1. The summed E-state index contributed by atoms with van der Waals surface area (Å²) in [5.74, 6) is -1.55. The van der Waals surface area contributed by atoms with Crippen molar-refractivity contribution in [2.45, 2.75) is 44.6 Å². The van der Waals surface area contributed by atoms with E-state index < -0.39 is 37.2 Å². The summed E-state index contributed by atoms with van der Waals surface area (Å²) in [5, 5.41) is 9.76. The van der Waals surface area contributed by atoms with Gasteiger partial charge in [-0.25, -0.2) is 4.79 Å². The fourth-order valence-corrected chi connectivity index (χ4v) is 4.63. The molecular formula is C25H25F5N2O4. The number of hydrogen-bond acceptors (Lipinski definition) is 4. The van der Waals surface area contributed by atoms with Gasteiger partial charge in [0.05, 0.1) is 17.5 Å². The number of carboxylic acid groups (broad SMARTS) is 1. The van der Waals surface area contributed by atoms with Crippen molar-refractivity contribution in [3.63, 3.8) is 0 Å². The van der Waals surface area contributed by atoms with Gasteiger partial charge in [0.2, 0.25) is 0 Å². The number of ether oxygens (including phenoxy) is 2. The van der Waals surface area contributed by atoms with Crippen LogP contribution in [0.5, 0.6) is 11.5 Å². The highest BCUT2D eigenvalue weighted by Gasteiger charge is 2.35. The summed E-state index contributed by atoms with van der Waals surface area (Å²) in [6.07, 6.45) is -3.86. The third kappa shape index (κ3) is 5.89. The van der Waals surface area contributed by atoms with Crippen molar-refractivity contribution < 1.29 is 41.3 Å². The summed E-state index contributed by atoms with van der Waals surface area (Å²) < 4.78 is 75.9. The van der Waals surface area contributed by atoms with Crippen LogP contribution in [0.4, 0.5) is 22.0 Å². The standard InChI is InChI=1S/C25H25F5N2O4/c1-14-12-20(36-24(26)27)22(17-6-9-31-21(14)17)35-19-7-10-32(11-8-25(28,29)30)13-18(19)15-2-4-16(5-3-15)23(33)34/h2-6,9,12,18-19,24,31H,7-8,10-11,13H2,1H3,(H,33,34)/t18-,19+/m0/s1. The SMILES string of the molecule is Cc1cc(OC(F)F)c(O[C@@H]2CCN(CCC(F)(F)F)C[C@H]2c2ccc(C(=O)O)cc2)c2cc[nH]c12. The molecule has 0 spiro atoms. The van der Waals surface area contributed by atoms with E-state index >= 15 is 0 Å². The molecule has 36 heavy (non-hydrogen) atoms. The van der Waals surface area contributed by atoms with E-state index in [1.54, 1.807) is 36.2 Å². The van der Waals surface area contributed by atoms with Gasteiger partial charge in [-0.1, -0.05) is 12.1 Å². The van der Waals surface area contributed by atoms with E-state index in [1.165, 1.54) is 18.2 Å². The number of aromatic amines is 1. The number of hydrogen-bond donors (Lipinski definition) is 2. The maximum Gasteiger partial charge on any atom is 0.390 e. The summed E-state index contributed by atoms with van der Waals surface area (Å²) in [6, 6.07) is 9.20. The van der Waals surface area contributed by atoms with Crippen LogP contribution in [0.3, 0.4) is 0 Å². The third-order valence-electron chi connectivity index (χ3n) is 6.37. The minimum Gasteiger partial charge on any atom is -0.485 e. The zero-order chi connectivity index (χ0) is 26.0. The molecule has 1 aliphatic heterocycles. The van der Waals surface area contributed by atoms with Crippen molar-refractivity contribution in [1.29, 1.82) is 0 Å². The summed E-state index contributed by atoms with van der Waals surface area (Å²) in [6.45, 7) is -0.983. The van der Waals surface area contributed by atoms with Crippen LogP contribution in [0.25, 0.3) is 10.9 Å². The molecule has 0 bridgehead atoms. The highest BCUT2D eigenvalue weighted by molar-refractivity contribution is 5.91. The third-order valence-corrected chi connectivity index (χ3v) is 6.37. The average molecular weight is 512 g/mol. The number of aryl methyl sites for hydroxylation is 1. The Bertz CT molecular complexity index is 1210. The van der Waals surface area contributed by atoms with E-state index in [4.69, 9.17) is 9.47 Å². The molecule has 11 heteroatoms. The number of aromatic carboxylic acids is 1. The smallest absolute Gasteiger partial charge is 0.390 e. The molecule has 3 aromatic rings. The van der Waals surface area contributed by atoms with Crippen LogP contribution in [0.1, 0.15) is 40.2 Å². The minimum atomic E-state index is -4.30. The van der Waals surface area contributed by atoms with Crippen molar-refractivity contribution in [1.82, 2.24) is 9.88 Å². The Kier molecular flexibility index (Phi) is 7.39. The van der Waals surface area contributed by atoms with Crippen LogP contribution in [-0.4, -0.2) is 59.5 Å². The summed E-state index contributed by atoms with van der Waals surface area (Å²) >= 11 is 0. The van der Waals surface area contributed by atoms with Gasteiger partial charge in [0.15, 0.2) is 11.5 Å².